The van der Waals surface area contributed by atoms with E-state index in [1.165, 1.54) is 12.1 Å². The van der Waals surface area contributed by atoms with E-state index < -0.39 is 16.9 Å². The predicted molar refractivity (Wildman–Crippen MR) is 77.6 cm³/mol. The number of hydrogen-bond acceptors (Lipinski definition) is 5. The fourth-order valence-electron chi connectivity index (χ4n) is 1.86. The van der Waals surface area contributed by atoms with Crippen LogP contribution in [0.3, 0.4) is 0 Å². The van der Waals surface area contributed by atoms with Crippen molar-refractivity contribution < 1.29 is 19.6 Å². The maximum absolute atomic E-state index is 11.1. The van der Waals surface area contributed by atoms with Crippen LogP contribution in [0.15, 0.2) is 18.2 Å². The average molecular weight is 296 g/mol. The smallest absolute Gasteiger partial charge is 0.320 e. The molecule has 0 radical (unpaired) electrons. The van der Waals surface area contributed by atoms with E-state index in [4.69, 9.17) is 9.84 Å². The lowest BCUT2D eigenvalue weighted by Crippen LogP contribution is -2.41. The van der Waals surface area contributed by atoms with Gasteiger partial charge in [0.25, 0.3) is 0 Å². The molecule has 1 unspecified atom stereocenters. The molecular weight excluding hydrogens is 276 g/mol. The molecule has 1 aromatic rings. The predicted octanol–water partition coefficient (Wildman–Crippen LogP) is 2.12. The molecule has 21 heavy (non-hydrogen) atoms. The number of carboxylic acids is 1. The molecule has 1 atom stereocenters. The second kappa shape index (κ2) is 7.58. The van der Waals surface area contributed by atoms with E-state index in [0.717, 1.165) is 5.56 Å². The Kier molecular flexibility index (Phi) is 6.10. The number of carbonyl (C=O) groups is 1. The van der Waals surface area contributed by atoms with Gasteiger partial charge >= 0.3 is 11.7 Å². The lowest BCUT2D eigenvalue weighted by atomic mass is 10.2. The molecule has 7 nitrogen and oxygen atoms in total. The SMILES string of the molecule is Cc1ccc(OCCC(NC(C)C)C(=O)O)c([N+](=O)[O-])c1. The molecule has 0 aliphatic heterocycles. The van der Waals surface area contributed by atoms with Gasteiger partial charge in [-0.15, -0.1) is 0 Å². The molecule has 0 heterocycles. The van der Waals surface area contributed by atoms with Crippen LogP contribution in [0.4, 0.5) is 5.69 Å². The number of hydrogen-bond donors (Lipinski definition) is 2. The second-order valence-corrected chi connectivity index (χ2v) is 5.08. The molecule has 0 fully saturated rings. The Balaban J connectivity index is 2.66. The third-order valence-corrected chi connectivity index (χ3v) is 2.81. The largest absolute Gasteiger partial charge is 0.487 e. The lowest BCUT2D eigenvalue weighted by Gasteiger charge is -2.17. The van der Waals surface area contributed by atoms with Crippen molar-refractivity contribution in [1.82, 2.24) is 5.32 Å². The van der Waals surface area contributed by atoms with E-state index in [1.807, 2.05) is 13.8 Å². The minimum atomic E-state index is -0.967. The maximum atomic E-state index is 11.1. The number of benzene rings is 1. The van der Waals surface area contributed by atoms with Gasteiger partial charge in [-0.2, -0.15) is 0 Å². The number of ether oxygens (including phenoxy) is 1. The zero-order chi connectivity index (χ0) is 16.0. The number of nitrogens with one attached hydrogen (secondary N) is 1. The highest BCUT2D eigenvalue weighted by Crippen LogP contribution is 2.27. The van der Waals surface area contributed by atoms with Crippen LogP contribution in [-0.4, -0.2) is 34.7 Å². The minimum absolute atomic E-state index is 0.0276. The van der Waals surface area contributed by atoms with E-state index in [2.05, 4.69) is 5.32 Å². The summed E-state index contributed by atoms with van der Waals surface area (Å²) < 4.78 is 5.37. The van der Waals surface area contributed by atoms with Gasteiger partial charge < -0.3 is 15.2 Å². The zero-order valence-corrected chi connectivity index (χ0v) is 12.3. The van der Waals surface area contributed by atoms with Crippen molar-refractivity contribution in [2.75, 3.05) is 6.61 Å². The Labute approximate surface area is 123 Å². The van der Waals surface area contributed by atoms with Gasteiger partial charge in [-0.3, -0.25) is 14.9 Å². The van der Waals surface area contributed by atoms with Crippen LogP contribution in [0.5, 0.6) is 5.75 Å². The summed E-state index contributed by atoms with van der Waals surface area (Å²) >= 11 is 0. The molecule has 1 rings (SSSR count). The van der Waals surface area contributed by atoms with Gasteiger partial charge in [0.1, 0.15) is 6.04 Å². The topological polar surface area (TPSA) is 102 Å². The highest BCUT2D eigenvalue weighted by molar-refractivity contribution is 5.73. The Morgan fingerprint density at radius 2 is 2.14 bits per heavy atom. The van der Waals surface area contributed by atoms with E-state index in [0.29, 0.717) is 0 Å². The molecule has 116 valence electrons. The van der Waals surface area contributed by atoms with Crippen molar-refractivity contribution in [3.8, 4) is 5.75 Å². The van der Waals surface area contributed by atoms with Crippen LogP contribution < -0.4 is 10.1 Å². The molecular formula is C14H20N2O5. The van der Waals surface area contributed by atoms with Gasteiger partial charge in [-0.05, 0) is 18.6 Å². The molecule has 2 N–H and O–H groups in total. The molecule has 0 saturated carbocycles. The number of aliphatic carboxylic acids is 1. The number of carboxylic acid groups (broad SMARTS) is 1. The van der Waals surface area contributed by atoms with Crippen molar-refractivity contribution in [1.29, 1.82) is 0 Å². The molecule has 0 aromatic heterocycles. The van der Waals surface area contributed by atoms with Crippen molar-refractivity contribution in [3.05, 3.63) is 33.9 Å². The Bertz CT molecular complexity index is 516. The van der Waals surface area contributed by atoms with Crippen molar-refractivity contribution in [2.24, 2.45) is 0 Å². The third kappa shape index (κ3) is 5.39. The first kappa shape index (κ1) is 16.9. The first-order valence-electron chi connectivity index (χ1n) is 6.68. The van der Waals surface area contributed by atoms with Crippen LogP contribution >= 0.6 is 0 Å². The molecule has 0 aliphatic carbocycles. The number of nitro benzene ring substituents is 1. The summed E-state index contributed by atoms with van der Waals surface area (Å²) in [5.41, 5.74) is 0.651. The quantitative estimate of drug-likeness (QED) is 0.563. The van der Waals surface area contributed by atoms with Gasteiger partial charge in [0, 0.05) is 18.5 Å². The number of aryl methyl sites for hydroxylation is 1. The molecule has 0 spiro atoms. The highest BCUT2D eigenvalue weighted by atomic mass is 16.6. The fourth-order valence-corrected chi connectivity index (χ4v) is 1.86. The number of nitro groups is 1. The Morgan fingerprint density at radius 3 is 2.67 bits per heavy atom. The van der Waals surface area contributed by atoms with Crippen molar-refractivity contribution in [2.45, 2.75) is 39.3 Å². The van der Waals surface area contributed by atoms with Gasteiger partial charge in [0.05, 0.1) is 11.5 Å². The summed E-state index contributed by atoms with van der Waals surface area (Å²) in [5, 5.41) is 22.9. The van der Waals surface area contributed by atoms with E-state index in [-0.39, 0.29) is 30.5 Å². The summed E-state index contributed by atoms with van der Waals surface area (Å²) in [7, 11) is 0. The minimum Gasteiger partial charge on any atom is -0.487 e. The van der Waals surface area contributed by atoms with Crippen LogP contribution in [0, 0.1) is 17.0 Å². The Hall–Kier alpha value is -2.15. The van der Waals surface area contributed by atoms with E-state index >= 15 is 0 Å². The summed E-state index contributed by atoms with van der Waals surface area (Å²) in [6.45, 7) is 5.54. The molecule has 0 saturated heterocycles. The molecule has 1 aromatic carbocycles. The summed E-state index contributed by atoms with van der Waals surface area (Å²) in [5.74, 6) is -0.815. The number of nitrogens with zero attached hydrogens (tertiary/aromatic N) is 1. The molecule has 7 heteroatoms. The summed E-state index contributed by atoms with van der Waals surface area (Å²) in [6.07, 6.45) is 0.221. The number of rotatable bonds is 8. The normalized spacial score (nSPS) is 12.2. The van der Waals surface area contributed by atoms with Gasteiger partial charge in [-0.25, -0.2) is 0 Å². The van der Waals surface area contributed by atoms with Crippen LogP contribution in [0.25, 0.3) is 0 Å². The van der Waals surface area contributed by atoms with Crippen molar-refractivity contribution >= 4 is 11.7 Å². The third-order valence-electron chi connectivity index (χ3n) is 2.81. The zero-order valence-electron chi connectivity index (χ0n) is 12.3. The van der Waals surface area contributed by atoms with E-state index in [1.54, 1.807) is 13.0 Å². The van der Waals surface area contributed by atoms with Crippen LogP contribution in [0.1, 0.15) is 25.8 Å². The standard InChI is InChI=1S/C14H20N2O5/c1-9(2)15-11(14(17)18)6-7-21-13-5-4-10(3)8-12(13)16(19)20/h4-5,8-9,11,15H,6-7H2,1-3H3,(H,17,18). The molecule has 0 aliphatic rings. The first-order chi connectivity index (χ1) is 9.81. The van der Waals surface area contributed by atoms with Crippen LogP contribution in [-0.2, 0) is 4.79 Å². The molecule has 0 bridgehead atoms. The Morgan fingerprint density at radius 1 is 1.48 bits per heavy atom. The second-order valence-electron chi connectivity index (χ2n) is 5.08. The summed E-state index contributed by atoms with van der Waals surface area (Å²) in [4.78, 5) is 21.5. The van der Waals surface area contributed by atoms with Gasteiger partial charge in [-0.1, -0.05) is 19.9 Å². The van der Waals surface area contributed by atoms with E-state index in [9.17, 15) is 14.9 Å². The van der Waals surface area contributed by atoms with Crippen molar-refractivity contribution in [3.63, 3.8) is 0 Å². The van der Waals surface area contributed by atoms with Gasteiger partial charge in [0.15, 0.2) is 5.75 Å². The summed E-state index contributed by atoms with van der Waals surface area (Å²) in [6, 6.07) is 3.95. The van der Waals surface area contributed by atoms with Gasteiger partial charge in [0.2, 0.25) is 0 Å². The van der Waals surface area contributed by atoms with Crippen LogP contribution in [0.2, 0.25) is 0 Å². The maximum Gasteiger partial charge on any atom is 0.320 e. The fraction of sp³-hybridized carbons (Fsp3) is 0.500. The highest BCUT2D eigenvalue weighted by Gasteiger charge is 2.19. The molecule has 0 amide bonds. The monoisotopic (exact) mass is 296 g/mol. The average Bonchev–Trinajstić information content (AvgIpc) is 2.38. The first-order valence-corrected chi connectivity index (χ1v) is 6.68. The lowest BCUT2D eigenvalue weighted by molar-refractivity contribution is -0.385.